The van der Waals surface area contributed by atoms with E-state index in [2.05, 4.69) is 19.2 Å². The standard InChI is InChI=1S/C17H24FNO/c1-12(2)13(3)19-16(20)17(9-4-5-10-17)14-7-6-8-15(18)11-14/h6-8,11-13H,4-5,9-10H2,1-3H3,(H,19,20). The van der Waals surface area contributed by atoms with Crippen LogP contribution in [0.4, 0.5) is 4.39 Å². The molecule has 1 aliphatic rings. The van der Waals surface area contributed by atoms with Crippen molar-refractivity contribution in [1.82, 2.24) is 5.32 Å². The van der Waals surface area contributed by atoms with Gasteiger partial charge in [-0.1, -0.05) is 38.8 Å². The van der Waals surface area contributed by atoms with Crippen molar-refractivity contribution in [2.75, 3.05) is 0 Å². The van der Waals surface area contributed by atoms with Crippen LogP contribution in [0.2, 0.25) is 0 Å². The van der Waals surface area contributed by atoms with Gasteiger partial charge in [-0.2, -0.15) is 0 Å². The highest BCUT2D eigenvalue weighted by atomic mass is 19.1. The van der Waals surface area contributed by atoms with Gasteiger partial charge >= 0.3 is 0 Å². The van der Waals surface area contributed by atoms with Gasteiger partial charge in [-0.15, -0.1) is 0 Å². The van der Waals surface area contributed by atoms with Crippen LogP contribution in [0.25, 0.3) is 0 Å². The Morgan fingerprint density at radius 1 is 1.25 bits per heavy atom. The van der Waals surface area contributed by atoms with Gasteiger partial charge in [-0.3, -0.25) is 4.79 Å². The summed E-state index contributed by atoms with van der Waals surface area (Å²) in [6.45, 7) is 6.21. The number of carbonyl (C=O) groups excluding carboxylic acids is 1. The van der Waals surface area contributed by atoms with Gasteiger partial charge < -0.3 is 5.32 Å². The van der Waals surface area contributed by atoms with Crippen molar-refractivity contribution >= 4 is 5.91 Å². The van der Waals surface area contributed by atoms with E-state index in [-0.39, 0.29) is 17.8 Å². The Labute approximate surface area is 120 Å². The monoisotopic (exact) mass is 277 g/mol. The lowest BCUT2D eigenvalue weighted by Crippen LogP contribution is -2.47. The Morgan fingerprint density at radius 3 is 2.45 bits per heavy atom. The fourth-order valence-electron chi connectivity index (χ4n) is 2.92. The Hall–Kier alpha value is -1.38. The molecule has 1 fully saturated rings. The van der Waals surface area contributed by atoms with Crippen LogP contribution in [-0.4, -0.2) is 11.9 Å². The fraction of sp³-hybridized carbons (Fsp3) is 0.588. The average Bonchev–Trinajstić information content (AvgIpc) is 2.89. The van der Waals surface area contributed by atoms with Crippen LogP contribution < -0.4 is 5.32 Å². The van der Waals surface area contributed by atoms with E-state index in [4.69, 9.17) is 0 Å². The Kier molecular flexibility index (Phi) is 4.46. The molecule has 0 aromatic heterocycles. The molecule has 1 unspecified atom stereocenters. The third-order valence-electron chi connectivity index (χ3n) is 4.63. The molecular formula is C17H24FNO. The molecule has 1 aromatic carbocycles. The lowest BCUT2D eigenvalue weighted by atomic mass is 9.77. The van der Waals surface area contributed by atoms with E-state index in [9.17, 15) is 9.18 Å². The molecule has 20 heavy (non-hydrogen) atoms. The summed E-state index contributed by atoms with van der Waals surface area (Å²) in [5.74, 6) is 0.185. The van der Waals surface area contributed by atoms with Gasteiger partial charge in [0.1, 0.15) is 5.82 Å². The summed E-state index contributed by atoms with van der Waals surface area (Å²) in [5, 5.41) is 3.12. The summed E-state index contributed by atoms with van der Waals surface area (Å²) < 4.78 is 13.5. The van der Waals surface area contributed by atoms with Crippen LogP contribution >= 0.6 is 0 Å². The van der Waals surface area contributed by atoms with Gasteiger partial charge in [-0.25, -0.2) is 4.39 Å². The van der Waals surface area contributed by atoms with Gasteiger partial charge in [0.2, 0.25) is 5.91 Å². The zero-order chi connectivity index (χ0) is 14.8. The lowest BCUT2D eigenvalue weighted by molar-refractivity contribution is -0.127. The van der Waals surface area contributed by atoms with Crippen LogP contribution in [0.5, 0.6) is 0 Å². The number of nitrogens with one attached hydrogen (secondary N) is 1. The van der Waals surface area contributed by atoms with Crippen LogP contribution in [0.3, 0.4) is 0 Å². The van der Waals surface area contributed by atoms with E-state index in [1.807, 2.05) is 13.0 Å². The first-order valence-corrected chi connectivity index (χ1v) is 7.53. The normalized spacial score (nSPS) is 19.1. The molecule has 1 aliphatic carbocycles. The van der Waals surface area contributed by atoms with Gasteiger partial charge in [0.05, 0.1) is 5.41 Å². The molecule has 110 valence electrons. The molecule has 3 heteroatoms. The predicted molar refractivity (Wildman–Crippen MR) is 79.0 cm³/mol. The molecule has 1 saturated carbocycles. The minimum Gasteiger partial charge on any atom is -0.353 e. The Morgan fingerprint density at radius 2 is 1.90 bits per heavy atom. The molecule has 2 nitrogen and oxygen atoms in total. The zero-order valence-corrected chi connectivity index (χ0v) is 12.6. The van der Waals surface area contributed by atoms with Gasteiger partial charge in [-0.05, 0) is 43.4 Å². The number of hydrogen-bond donors (Lipinski definition) is 1. The second kappa shape index (κ2) is 5.94. The van der Waals surface area contributed by atoms with Crippen molar-refractivity contribution < 1.29 is 9.18 Å². The van der Waals surface area contributed by atoms with Gasteiger partial charge in [0, 0.05) is 6.04 Å². The van der Waals surface area contributed by atoms with Crippen molar-refractivity contribution in [3.8, 4) is 0 Å². The maximum atomic E-state index is 13.5. The summed E-state index contributed by atoms with van der Waals surface area (Å²) in [5.41, 5.74) is 0.286. The molecule has 0 heterocycles. The fourth-order valence-corrected chi connectivity index (χ4v) is 2.92. The van der Waals surface area contributed by atoms with Crippen molar-refractivity contribution in [1.29, 1.82) is 0 Å². The molecule has 0 radical (unpaired) electrons. The first kappa shape index (κ1) is 15.0. The van der Waals surface area contributed by atoms with Crippen molar-refractivity contribution in [3.05, 3.63) is 35.6 Å². The largest absolute Gasteiger partial charge is 0.353 e. The second-order valence-electron chi connectivity index (χ2n) is 6.31. The minimum atomic E-state index is -0.536. The SMILES string of the molecule is CC(C)C(C)NC(=O)C1(c2cccc(F)c2)CCCC1. The summed E-state index contributed by atoms with van der Waals surface area (Å²) in [4.78, 5) is 12.8. The number of amides is 1. The first-order chi connectivity index (χ1) is 9.45. The summed E-state index contributed by atoms with van der Waals surface area (Å²) >= 11 is 0. The lowest BCUT2D eigenvalue weighted by Gasteiger charge is -2.31. The molecular weight excluding hydrogens is 253 g/mol. The summed E-state index contributed by atoms with van der Waals surface area (Å²) in [7, 11) is 0. The van der Waals surface area contributed by atoms with E-state index in [1.54, 1.807) is 6.07 Å². The minimum absolute atomic E-state index is 0.0572. The first-order valence-electron chi connectivity index (χ1n) is 7.53. The summed E-state index contributed by atoms with van der Waals surface area (Å²) in [6, 6.07) is 6.66. The highest BCUT2D eigenvalue weighted by Crippen LogP contribution is 2.41. The molecule has 2 rings (SSSR count). The number of benzene rings is 1. The summed E-state index contributed by atoms with van der Waals surface area (Å²) in [6.07, 6.45) is 3.68. The van der Waals surface area contributed by atoms with Crippen LogP contribution in [0, 0.1) is 11.7 Å². The van der Waals surface area contributed by atoms with E-state index in [0.717, 1.165) is 31.2 Å². The van der Waals surface area contributed by atoms with E-state index in [1.165, 1.54) is 12.1 Å². The van der Waals surface area contributed by atoms with E-state index in [0.29, 0.717) is 5.92 Å². The van der Waals surface area contributed by atoms with Crippen LogP contribution in [0.15, 0.2) is 24.3 Å². The number of carbonyl (C=O) groups is 1. The second-order valence-corrected chi connectivity index (χ2v) is 6.31. The predicted octanol–water partition coefficient (Wildman–Crippen LogP) is 3.80. The molecule has 0 aliphatic heterocycles. The number of hydrogen-bond acceptors (Lipinski definition) is 1. The molecule has 0 spiro atoms. The molecule has 1 atom stereocenters. The molecule has 1 N–H and O–H groups in total. The molecule has 1 aromatic rings. The van der Waals surface area contributed by atoms with E-state index < -0.39 is 5.41 Å². The van der Waals surface area contributed by atoms with E-state index >= 15 is 0 Å². The van der Waals surface area contributed by atoms with Gasteiger partial charge in [0.15, 0.2) is 0 Å². The zero-order valence-electron chi connectivity index (χ0n) is 12.6. The smallest absolute Gasteiger partial charge is 0.230 e. The van der Waals surface area contributed by atoms with Crippen LogP contribution in [0.1, 0.15) is 52.0 Å². The Balaban J connectivity index is 2.28. The third kappa shape index (κ3) is 2.87. The highest BCUT2D eigenvalue weighted by Gasteiger charge is 2.43. The number of rotatable bonds is 4. The molecule has 0 bridgehead atoms. The molecule has 1 amide bonds. The van der Waals surface area contributed by atoms with Gasteiger partial charge in [0.25, 0.3) is 0 Å². The van der Waals surface area contributed by atoms with Crippen molar-refractivity contribution in [3.63, 3.8) is 0 Å². The quantitative estimate of drug-likeness (QED) is 0.891. The highest BCUT2D eigenvalue weighted by molar-refractivity contribution is 5.88. The van der Waals surface area contributed by atoms with Crippen molar-refractivity contribution in [2.45, 2.75) is 57.9 Å². The maximum Gasteiger partial charge on any atom is 0.230 e. The maximum absolute atomic E-state index is 13.5. The van der Waals surface area contributed by atoms with Crippen molar-refractivity contribution in [2.24, 2.45) is 5.92 Å². The topological polar surface area (TPSA) is 29.1 Å². The van der Waals surface area contributed by atoms with Crippen LogP contribution in [-0.2, 0) is 10.2 Å². The average molecular weight is 277 g/mol. The molecule has 0 saturated heterocycles. The Bertz CT molecular complexity index is 478. The third-order valence-corrected chi connectivity index (χ3v) is 4.63. The number of halogens is 1.